The number of aromatic nitrogens is 3. The zero-order chi connectivity index (χ0) is 20.1. The lowest BCUT2D eigenvalue weighted by molar-refractivity contribution is -0.130. The van der Waals surface area contributed by atoms with Crippen LogP contribution >= 0.6 is 0 Å². The SMILES string of the molecule is CC(C)NCC=CC(=O)N1CC(N(C)c2cc(-c3ccncn3)c[nH]c2=O)C1. The number of pyridine rings is 1. The van der Waals surface area contributed by atoms with Gasteiger partial charge in [0.05, 0.1) is 11.7 Å². The number of likely N-dealkylation sites (N-methyl/N-ethyl adjacent to an activating group) is 1. The van der Waals surface area contributed by atoms with Gasteiger partial charge in [0.15, 0.2) is 0 Å². The van der Waals surface area contributed by atoms with Crippen molar-refractivity contribution in [2.45, 2.75) is 25.9 Å². The minimum absolute atomic E-state index is 0.00106. The molecule has 2 aromatic rings. The Hall–Kier alpha value is -3.00. The summed E-state index contributed by atoms with van der Waals surface area (Å²) in [5, 5.41) is 3.24. The van der Waals surface area contributed by atoms with Crippen LogP contribution in [0.2, 0.25) is 0 Å². The first-order valence-electron chi connectivity index (χ1n) is 9.36. The van der Waals surface area contributed by atoms with Crippen LogP contribution in [0.4, 0.5) is 5.69 Å². The Morgan fingerprint density at radius 3 is 2.93 bits per heavy atom. The van der Waals surface area contributed by atoms with E-state index in [1.54, 1.807) is 29.4 Å². The molecule has 8 nitrogen and oxygen atoms in total. The fourth-order valence-electron chi connectivity index (χ4n) is 2.99. The second-order valence-corrected chi connectivity index (χ2v) is 7.17. The molecule has 3 rings (SSSR count). The molecule has 28 heavy (non-hydrogen) atoms. The van der Waals surface area contributed by atoms with Crippen molar-refractivity contribution < 1.29 is 4.79 Å². The van der Waals surface area contributed by atoms with Crippen molar-refractivity contribution >= 4 is 11.6 Å². The van der Waals surface area contributed by atoms with E-state index in [9.17, 15) is 9.59 Å². The molecule has 1 amide bonds. The van der Waals surface area contributed by atoms with Crippen molar-refractivity contribution in [3.05, 3.63) is 53.4 Å². The number of rotatable bonds is 7. The molecule has 0 bridgehead atoms. The first-order chi connectivity index (χ1) is 13.5. The number of carbonyl (C=O) groups is 1. The van der Waals surface area contributed by atoms with Gasteiger partial charge in [0, 0.05) is 56.8 Å². The van der Waals surface area contributed by atoms with E-state index in [-0.39, 0.29) is 17.5 Å². The van der Waals surface area contributed by atoms with Crippen LogP contribution in [-0.4, -0.2) is 64.5 Å². The topological polar surface area (TPSA) is 94.2 Å². The average molecular weight is 382 g/mol. The van der Waals surface area contributed by atoms with Crippen molar-refractivity contribution in [2.24, 2.45) is 0 Å². The van der Waals surface area contributed by atoms with Crippen molar-refractivity contribution in [1.82, 2.24) is 25.2 Å². The minimum Gasteiger partial charge on any atom is -0.364 e. The van der Waals surface area contributed by atoms with Crippen LogP contribution < -0.4 is 15.8 Å². The van der Waals surface area contributed by atoms with Gasteiger partial charge in [0.2, 0.25) is 5.91 Å². The summed E-state index contributed by atoms with van der Waals surface area (Å²) in [6.45, 7) is 5.98. The zero-order valence-corrected chi connectivity index (χ0v) is 16.4. The van der Waals surface area contributed by atoms with Gasteiger partial charge in [0.25, 0.3) is 5.56 Å². The van der Waals surface area contributed by atoms with Crippen LogP contribution in [-0.2, 0) is 4.79 Å². The molecule has 2 N–H and O–H groups in total. The first kappa shape index (κ1) is 19.8. The van der Waals surface area contributed by atoms with Crippen molar-refractivity contribution in [3.63, 3.8) is 0 Å². The third-order valence-electron chi connectivity index (χ3n) is 4.77. The predicted molar refractivity (Wildman–Crippen MR) is 109 cm³/mol. The Bertz CT molecular complexity index is 887. The molecule has 0 unspecified atom stereocenters. The number of hydrogen-bond donors (Lipinski definition) is 2. The zero-order valence-electron chi connectivity index (χ0n) is 16.4. The van der Waals surface area contributed by atoms with E-state index in [0.717, 1.165) is 11.3 Å². The summed E-state index contributed by atoms with van der Waals surface area (Å²) in [6, 6.07) is 4.11. The fourth-order valence-corrected chi connectivity index (χ4v) is 2.99. The van der Waals surface area contributed by atoms with E-state index in [1.807, 2.05) is 24.1 Å². The molecule has 1 fully saturated rings. The molecule has 1 aliphatic heterocycles. The molecule has 0 aliphatic carbocycles. The number of amides is 1. The van der Waals surface area contributed by atoms with Gasteiger partial charge in [-0.05, 0) is 12.1 Å². The van der Waals surface area contributed by atoms with Gasteiger partial charge < -0.3 is 20.1 Å². The van der Waals surface area contributed by atoms with E-state index >= 15 is 0 Å². The van der Waals surface area contributed by atoms with Crippen molar-refractivity contribution in [2.75, 3.05) is 31.6 Å². The summed E-state index contributed by atoms with van der Waals surface area (Å²) in [5.41, 5.74) is 1.96. The summed E-state index contributed by atoms with van der Waals surface area (Å²) < 4.78 is 0. The van der Waals surface area contributed by atoms with Gasteiger partial charge in [-0.3, -0.25) is 9.59 Å². The Kier molecular flexibility index (Phi) is 6.20. The van der Waals surface area contributed by atoms with Crippen LogP contribution in [0.5, 0.6) is 0 Å². The third kappa shape index (κ3) is 4.64. The molecular weight excluding hydrogens is 356 g/mol. The predicted octanol–water partition coefficient (Wildman–Crippen LogP) is 1.03. The lowest BCUT2D eigenvalue weighted by Gasteiger charge is -2.44. The van der Waals surface area contributed by atoms with Gasteiger partial charge in [-0.15, -0.1) is 0 Å². The number of hydrogen-bond acceptors (Lipinski definition) is 6. The Balaban J connectivity index is 1.61. The second kappa shape index (κ2) is 8.79. The number of nitrogens with zero attached hydrogens (tertiary/aromatic N) is 4. The van der Waals surface area contributed by atoms with E-state index in [1.165, 1.54) is 6.33 Å². The maximum Gasteiger partial charge on any atom is 0.271 e. The highest BCUT2D eigenvalue weighted by Crippen LogP contribution is 2.22. The summed E-state index contributed by atoms with van der Waals surface area (Å²) in [7, 11) is 1.88. The van der Waals surface area contributed by atoms with E-state index in [4.69, 9.17) is 0 Å². The molecule has 1 saturated heterocycles. The highest BCUT2D eigenvalue weighted by Gasteiger charge is 2.33. The first-order valence-corrected chi connectivity index (χ1v) is 9.36. The molecule has 0 atom stereocenters. The molecule has 148 valence electrons. The molecule has 8 heteroatoms. The highest BCUT2D eigenvalue weighted by atomic mass is 16.2. The lowest BCUT2D eigenvalue weighted by Crippen LogP contribution is -2.60. The second-order valence-electron chi connectivity index (χ2n) is 7.17. The third-order valence-corrected chi connectivity index (χ3v) is 4.77. The van der Waals surface area contributed by atoms with E-state index in [0.29, 0.717) is 31.4 Å². The highest BCUT2D eigenvalue weighted by molar-refractivity contribution is 5.88. The van der Waals surface area contributed by atoms with E-state index in [2.05, 4.69) is 34.1 Å². The fraction of sp³-hybridized carbons (Fsp3) is 0.400. The Morgan fingerprint density at radius 1 is 1.46 bits per heavy atom. The smallest absolute Gasteiger partial charge is 0.271 e. The molecular formula is C20H26N6O2. The maximum absolute atomic E-state index is 12.3. The Morgan fingerprint density at radius 2 is 2.25 bits per heavy atom. The molecule has 0 aromatic carbocycles. The van der Waals surface area contributed by atoms with Crippen LogP contribution in [0.1, 0.15) is 13.8 Å². The summed E-state index contributed by atoms with van der Waals surface area (Å²) >= 11 is 0. The number of nitrogens with one attached hydrogen (secondary N) is 2. The number of anilines is 1. The maximum atomic E-state index is 12.3. The molecule has 0 radical (unpaired) electrons. The van der Waals surface area contributed by atoms with Crippen molar-refractivity contribution in [3.8, 4) is 11.3 Å². The number of carbonyl (C=O) groups excluding carboxylic acids is 1. The van der Waals surface area contributed by atoms with Gasteiger partial charge in [0.1, 0.15) is 12.0 Å². The standard InChI is InChI=1S/C20H26N6O2/c1-14(2)22-7-4-5-19(27)26-11-16(12-26)25(3)18-9-15(10-23-20(18)28)17-6-8-21-13-24-17/h4-6,8-10,13-14,16,22H,7,11-12H2,1-3H3,(H,23,28). The summed E-state index contributed by atoms with van der Waals surface area (Å²) in [4.78, 5) is 39.1. The quantitative estimate of drug-likeness (QED) is 0.695. The number of H-pyrrole nitrogens is 1. The van der Waals surface area contributed by atoms with Crippen LogP contribution in [0, 0.1) is 0 Å². The minimum atomic E-state index is -0.162. The normalized spacial score (nSPS) is 14.5. The molecule has 0 spiro atoms. The average Bonchev–Trinajstić information content (AvgIpc) is 2.65. The molecule has 3 heterocycles. The number of aromatic amines is 1. The Labute approximate surface area is 164 Å². The largest absolute Gasteiger partial charge is 0.364 e. The number of likely N-dealkylation sites (tertiary alicyclic amines) is 1. The van der Waals surface area contributed by atoms with Crippen LogP contribution in [0.25, 0.3) is 11.3 Å². The van der Waals surface area contributed by atoms with Gasteiger partial charge >= 0.3 is 0 Å². The van der Waals surface area contributed by atoms with Gasteiger partial charge in [-0.2, -0.15) is 0 Å². The van der Waals surface area contributed by atoms with Crippen LogP contribution in [0.15, 0.2) is 47.8 Å². The molecule has 2 aromatic heterocycles. The van der Waals surface area contributed by atoms with Gasteiger partial charge in [-0.25, -0.2) is 9.97 Å². The van der Waals surface area contributed by atoms with Gasteiger partial charge in [-0.1, -0.05) is 19.9 Å². The molecule has 1 aliphatic rings. The van der Waals surface area contributed by atoms with Crippen LogP contribution in [0.3, 0.4) is 0 Å². The monoisotopic (exact) mass is 382 g/mol. The molecule has 0 saturated carbocycles. The van der Waals surface area contributed by atoms with E-state index < -0.39 is 0 Å². The van der Waals surface area contributed by atoms with Crippen molar-refractivity contribution in [1.29, 1.82) is 0 Å². The summed E-state index contributed by atoms with van der Waals surface area (Å²) in [5.74, 6) is -0.00106. The summed E-state index contributed by atoms with van der Waals surface area (Å²) in [6.07, 6.45) is 8.23. The lowest BCUT2D eigenvalue weighted by atomic mass is 10.1.